The van der Waals surface area contributed by atoms with Gasteiger partial charge in [0.2, 0.25) is 10.0 Å². The van der Waals surface area contributed by atoms with Gasteiger partial charge in [-0.25, -0.2) is 13.4 Å². The molecule has 1 heterocycles. The summed E-state index contributed by atoms with van der Waals surface area (Å²) in [5.74, 6) is 0.436. The number of carbonyl (C=O) groups excluding carboxylic acids is 1. The molecule has 0 aliphatic carbocycles. The quantitative estimate of drug-likeness (QED) is 0.248. The Morgan fingerprint density at radius 3 is 2.26 bits per heavy atom. The monoisotopic (exact) mass is 549 g/mol. The van der Waals surface area contributed by atoms with E-state index < -0.39 is 10.0 Å². The third-order valence-corrected chi connectivity index (χ3v) is 8.86. The Morgan fingerprint density at radius 2 is 1.66 bits per heavy atom. The van der Waals surface area contributed by atoms with Crippen LogP contribution in [-0.4, -0.2) is 36.3 Å². The summed E-state index contributed by atoms with van der Waals surface area (Å²) in [7, 11) is -3.76. The van der Waals surface area contributed by atoms with Crippen LogP contribution in [0, 0.1) is 6.92 Å². The number of sulfonamides is 1. The summed E-state index contributed by atoms with van der Waals surface area (Å²) < 4.78 is 33.7. The van der Waals surface area contributed by atoms with Gasteiger partial charge in [0.15, 0.2) is 5.13 Å². The van der Waals surface area contributed by atoms with Gasteiger partial charge in [-0.1, -0.05) is 30.3 Å². The predicted octanol–water partition coefficient (Wildman–Crippen LogP) is 6.37. The zero-order valence-corrected chi connectivity index (χ0v) is 23.5. The van der Waals surface area contributed by atoms with Crippen molar-refractivity contribution in [3.8, 4) is 17.0 Å². The van der Waals surface area contributed by atoms with Gasteiger partial charge >= 0.3 is 0 Å². The number of nitrogens with one attached hydrogen (secondary N) is 1. The van der Waals surface area contributed by atoms with E-state index in [1.807, 2.05) is 82.3 Å². The number of anilines is 1. The van der Waals surface area contributed by atoms with Gasteiger partial charge in [0, 0.05) is 28.6 Å². The molecule has 3 aromatic carbocycles. The van der Waals surface area contributed by atoms with Gasteiger partial charge in [-0.05, 0) is 81.8 Å². The molecule has 38 heavy (non-hydrogen) atoms. The van der Waals surface area contributed by atoms with Gasteiger partial charge < -0.3 is 4.74 Å². The lowest BCUT2D eigenvalue weighted by Gasteiger charge is -2.26. The van der Waals surface area contributed by atoms with Crippen LogP contribution in [0.2, 0.25) is 0 Å². The van der Waals surface area contributed by atoms with Gasteiger partial charge in [0.25, 0.3) is 5.91 Å². The number of hydrogen-bond acceptors (Lipinski definition) is 6. The maximum atomic E-state index is 13.4. The third kappa shape index (κ3) is 6.30. The second-order valence-electron chi connectivity index (χ2n) is 8.99. The highest BCUT2D eigenvalue weighted by Crippen LogP contribution is 2.31. The number of ether oxygens (including phenoxy) is 1. The summed E-state index contributed by atoms with van der Waals surface area (Å²) >= 11 is 1.39. The van der Waals surface area contributed by atoms with Crippen molar-refractivity contribution in [1.82, 2.24) is 9.29 Å². The summed E-state index contributed by atoms with van der Waals surface area (Å²) in [6.07, 6.45) is 0. The van der Waals surface area contributed by atoms with Gasteiger partial charge in [0.1, 0.15) is 5.75 Å². The van der Waals surface area contributed by atoms with Crippen LogP contribution in [0.15, 0.2) is 83.8 Å². The van der Waals surface area contributed by atoms with Crippen molar-refractivity contribution >= 4 is 32.4 Å². The maximum absolute atomic E-state index is 13.4. The second kappa shape index (κ2) is 11.9. The van der Waals surface area contributed by atoms with E-state index in [9.17, 15) is 13.2 Å². The molecule has 1 aromatic heterocycles. The molecule has 0 aliphatic heterocycles. The first-order valence-electron chi connectivity index (χ1n) is 12.4. The molecule has 0 saturated heterocycles. The average molecular weight is 550 g/mol. The Kier molecular flexibility index (Phi) is 8.61. The minimum atomic E-state index is -3.76. The molecule has 0 unspecified atom stereocenters. The Balaban J connectivity index is 1.48. The van der Waals surface area contributed by atoms with Crippen molar-refractivity contribution in [3.05, 3.63) is 94.9 Å². The molecule has 0 atom stereocenters. The van der Waals surface area contributed by atoms with E-state index in [0.29, 0.717) is 17.3 Å². The summed E-state index contributed by atoms with van der Waals surface area (Å²) in [5.41, 5.74) is 2.98. The van der Waals surface area contributed by atoms with Crippen molar-refractivity contribution in [1.29, 1.82) is 0 Å². The van der Waals surface area contributed by atoms with E-state index in [4.69, 9.17) is 4.74 Å². The molecule has 0 saturated carbocycles. The highest BCUT2D eigenvalue weighted by Gasteiger charge is 2.27. The van der Waals surface area contributed by atoms with Gasteiger partial charge in [-0.15, -0.1) is 11.3 Å². The van der Waals surface area contributed by atoms with E-state index in [1.54, 1.807) is 0 Å². The minimum absolute atomic E-state index is 0.140. The lowest BCUT2D eigenvalue weighted by atomic mass is 10.1. The van der Waals surface area contributed by atoms with Crippen LogP contribution in [0.3, 0.4) is 0 Å². The highest BCUT2D eigenvalue weighted by atomic mass is 32.2. The van der Waals surface area contributed by atoms with Crippen LogP contribution in [-0.2, 0) is 16.6 Å². The van der Waals surface area contributed by atoms with Gasteiger partial charge in [-0.2, -0.15) is 4.31 Å². The van der Waals surface area contributed by atoms with Crippen molar-refractivity contribution in [2.45, 2.75) is 45.2 Å². The first-order valence-corrected chi connectivity index (χ1v) is 14.6. The molecular formula is C29H31N3O4S2. The fourth-order valence-electron chi connectivity index (χ4n) is 3.98. The molecule has 0 aliphatic rings. The number of aryl methyl sites for hydroxylation is 1. The number of hydrogen-bond donors (Lipinski definition) is 1. The van der Waals surface area contributed by atoms with Crippen LogP contribution in [0.5, 0.6) is 5.75 Å². The number of rotatable bonds is 10. The zero-order chi connectivity index (χ0) is 27.3. The summed E-state index contributed by atoms with van der Waals surface area (Å²) in [5, 5.41) is 3.31. The van der Waals surface area contributed by atoms with E-state index >= 15 is 0 Å². The third-order valence-electron chi connectivity index (χ3n) is 5.94. The molecule has 9 heteroatoms. The van der Waals surface area contributed by atoms with E-state index in [1.165, 1.54) is 39.9 Å². The lowest BCUT2D eigenvalue weighted by Crippen LogP contribution is -2.36. The fraction of sp³-hybridized carbons (Fsp3) is 0.241. The fourth-order valence-corrected chi connectivity index (χ4v) is 6.44. The number of nitrogens with zero attached hydrogens (tertiary/aromatic N) is 2. The van der Waals surface area contributed by atoms with E-state index in [-0.39, 0.29) is 23.4 Å². The molecule has 0 radical (unpaired) electrons. The molecule has 198 valence electrons. The molecule has 7 nitrogen and oxygen atoms in total. The first-order chi connectivity index (χ1) is 18.2. The van der Waals surface area contributed by atoms with Crippen molar-refractivity contribution in [3.63, 3.8) is 0 Å². The SMILES string of the molecule is CCOc1ccc(-c2nc(NC(=O)c3ccc(S(=O)(=O)N(Cc4ccccc4)C(C)C)cc3)sc2C)cc1. The van der Waals surface area contributed by atoms with E-state index in [0.717, 1.165) is 27.4 Å². The molecule has 1 amide bonds. The molecule has 0 spiro atoms. The average Bonchev–Trinajstić information content (AvgIpc) is 3.28. The molecule has 1 N–H and O–H groups in total. The number of thiazole rings is 1. The van der Waals surface area contributed by atoms with Crippen LogP contribution in [0.4, 0.5) is 5.13 Å². The lowest BCUT2D eigenvalue weighted by molar-refractivity contribution is 0.102. The second-order valence-corrected chi connectivity index (χ2v) is 12.1. The van der Waals surface area contributed by atoms with Crippen molar-refractivity contribution in [2.24, 2.45) is 0 Å². The van der Waals surface area contributed by atoms with Crippen LogP contribution in [0.25, 0.3) is 11.3 Å². The van der Waals surface area contributed by atoms with Crippen molar-refractivity contribution in [2.75, 3.05) is 11.9 Å². The molecule has 4 aromatic rings. The molecule has 0 fully saturated rings. The largest absolute Gasteiger partial charge is 0.494 e. The number of aromatic nitrogens is 1. The Bertz CT molecular complexity index is 1480. The van der Waals surface area contributed by atoms with Crippen LogP contribution in [0.1, 0.15) is 41.6 Å². The maximum Gasteiger partial charge on any atom is 0.257 e. The summed E-state index contributed by atoms with van der Waals surface area (Å²) in [6.45, 7) is 8.45. The van der Waals surface area contributed by atoms with E-state index in [2.05, 4.69) is 10.3 Å². The highest BCUT2D eigenvalue weighted by molar-refractivity contribution is 7.89. The standard InChI is InChI=1S/C29H31N3O4S2/c1-5-36-25-15-11-23(12-16-25)27-21(4)37-29(30-27)31-28(33)24-13-17-26(18-14-24)38(34,35)32(20(2)3)19-22-9-7-6-8-10-22/h6-18,20H,5,19H2,1-4H3,(H,30,31,33). The topological polar surface area (TPSA) is 88.6 Å². The Labute approximate surface area is 228 Å². The Morgan fingerprint density at radius 1 is 1.00 bits per heavy atom. The van der Waals surface area contributed by atoms with Crippen LogP contribution >= 0.6 is 11.3 Å². The number of amides is 1. The minimum Gasteiger partial charge on any atom is -0.494 e. The summed E-state index contributed by atoms with van der Waals surface area (Å²) in [4.78, 5) is 18.6. The van der Waals surface area contributed by atoms with Gasteiger partial charge in [-0.3, -0.25) is 10.1 Å². The number of carbonyl (C=O) groups is 1. The summed E-state index contributed by atoms with van der Waals surface area (Å²) in [6, 6.07) is 22.9. The first kappa shape index (κ1) is 27.5. The van der Waals surface area contributed by atoms with Crippen molar-refractivity contribution < 1.29 is 17.9 Å². The molecule has 4 rings (SSSR count). The smallest absolute Gasteiger partial charge is 0.257 e. The normalized spacial score (nSPS) is 11.6. The van der Waals surface area contributed by atoms with Crippen LogP contribution < -0.4 is 10.1 Å². The molecule has 0 bridgehead atoms. The number of benzene rings is 3. The van der Waals surface area contributed by atoms with Gasteiger partial charge in [0.05, 0.1) is 17.2 Å². The Hall–Kier alpha value is -3.53. The zero-order valence-electron chi connectivity index (χ0n) is 21.8. The predicted molar refractivity (Wildman–Crippen MR) is 152 cm³/mol. The molecular weight excluding hydrogens is 518 g/mol.